The number of alkyl halides is 1. The molecule has 0 aromatic rings. The first kappa shape index (κ1) is 12.9. The van der Waals surface area contributed by atoms with Crippen molar-refractivity contribution in [3.05, 3.63) is 0 Å². The Morgan fingerprint density at radius 2 is 2.00 bits per heavy atom. The van der Waals surface area contributed by atoms with Crippen LogP contribution in [0.5, 0.6) is 0 Å². The van der Waals surface area contributed by atoms with Gasteiger partial charge in [0.15, 0.2) is 0 Å². The summed E-state index contributed by atoms with van der Waals surface area (Å²) in [4.78, 5) is 19.7. The second-order valence-electron chi connectivity index (χ2n) is 1.17. The fourth-order valence-electron chi connectivity index (χ4n) is 0.178. The smallest absolute Gasteiger partial charge is 0.546 e. The van der Waals surface area contributed by atoms with E-state index in [1.54, 1.807) is 0 Å². The summed E-state index contributed by atoms with van der Waals surface area (Å²) in [7, 11) is 0. The van der Waals surface area contributed by atoms with Crippen LogP contribution in [0.2, 0.25) is 0 Å². The molecule has 0 atom stereocenters. The number of esters is 1. The SMILES string of the molecule is O=C([O-])COC(=O)CCl.[Na+]. The number of carboxylic acids is 1. The van der Waals surface area contributed by atoms with Gasteiger partial charge in [-0.3, -0.25) is 4.79 Å². The van der Waals surface area contributed by atoms with Crippen LogP contribution in [0.4, 0.5) is 0 Å². The van der Waals surface area contributed by atoms with Gasteiger partial charge < -0.3 is 14.6 Å². The van der Waals surface area contributed by atoms with Gasteiger partial charge in [0.25, 0.3) is 0 Å². The minimum absolute atomic E-state index is 0. The molecule has 0 saturated carbocycles. The van der Waals surface area contributed by atoms with Gasteiger partial charge in [0, 0.05) is 0 Å². The minimum atomic E-state index is -1.44. The number of aliphatic carboxylic acids is 1. The molecule has 6 heteroatoms. The Labute approximate surface area is 84.8 Å². The maximum absolute atomic E-state index is 10.1. The van der Waals surface area contributed by atoms with E-state index in [-0.39, 0.29) is 35.4 Å². The molecule has 52 valence electrons. The van der Waals surface area contributed by atoms with Gasteiger partial charge >= 0.3 is 35.5 Å². The molecule has 0 heterocycles. The van der Waals surface area contributed by atoms with Gasteiger partial charge in [-0.05, 0) is 0 Å². The molecule has 4 nitrogen and oxygen atoms in total. The molecule has 10 heavy (non-hydrogen) atoms. The van der Waals surface area contributed by atoms with Crippen LogP contribution in [0.15, 0.2) is 0 Å². The number of rotatable bonds is 3. The molecule has 0 aromatic heterocycles. The van der Waals surface area contributed by atoms with Crippen LogP contribution in [0, 0.1) is 0 Å². The molecule has 0 rings (SSSR count). The number of hydrogen-bond donors (Lipinski definition) is 0. The first-order valence-corrected chi connectivity index (χ1v) is 2.61. The zero-order valence-electron chi connectivity index (χ0n) is 5.43. The largest absolute Gasteiger partial charge is 1.00 e. The van der Waals surface area contributed by atoms with Gasteiger partial charge in [0.05, 0.1) is 5.97 Å². The molecule has 0 bridgehead atoms. The summed E-state index contributed by atoms with van der Waals surface area (Å²) in [5, 5.41) is 9.59. The van der Waals surface area contributed by atoms with E-state index in [1.165, 1.54) is 0 Å². The van der Waals surface area contributed by atoms with Crippen LogP contribution in [-0.2, 0) is 14.3 Å². The fraction of sp³-hybridized carbons (Fsp3) is 0.500. The number of carbonyl (C=O) groups excluding carboxylic acids is 2. The van der Waals surface area contributed by atoms with Crippen LogP contribution < -0.4 is 34.7 Å². The normalized spacial score (nSPS) is 7.70. The van der Waals surface area contributed by atoms with Gasteiger partial charge in [-0.1, -0.05) is 0 Å². The Hall–Kier alpha value is 0.230. The van der Waals surface area contributed by atoms with Crippen LogP contribution >= 0.6 is 11.6 Å². The van der Waals surface area contributed by atoms with E-state index in [0.717, 1.165) is 0 Å². The summed E-state index contributed by atoms with van der Waals surface area (Å²) in [6.45, 7) is -0.731. The van der Waals surface area contributed by atoms with E-state index in [2.05, 4.69) is 4.74 Å². The average molecular weight is 175 g/mol. The maximum atomic E-state index is 10.1. The Morgan fingerprint density at radius 3 is 2.30 bits per heavy atom. The molecule has 0 aliphatic carbocycles. The molecule has 0 radical (unpaired) electrons. The van der Waals surface area contributed by atoms with Crippen molar-refractivity contribution in [2.75, 3.05) is 12.5 Å². The summed E-state index contributed by atoms with van der Waals surface area (Å²) in [5.74, 6) is -2.54. The van der Waals surface area contributed by atoms with E-state index < -0.39 is 18.5 Å². The van der Waals surface area contributed by atoms with Crippen molar-refractivity contribution in [1.82, 2.24) is 0 Å². The number of hydrogen-bond acceptors (Lipinski definition) is 4. The predicted molar refractivity (Wildman–Crippen MR) is 26.7 cm³/mol. The van der Waals surface area contributed by atoms with Crippen molar-refractivity contribution in [1.29, 1.82) is 0 Å². The van der Waals surface area contributed by atoms with Gasteiger partial charge in [-0.25, -0.2) is 0 Å². The molecular weight excluding hydrogens is 170 g/mol. The van der Waals surface area contributed by atoms with Crippen molar-refractivity contribution in [2.24, 2.45) is 0 Å². The molecule has 0 aliphatic rings. The molecule has 0 fully saturated rings. The quantitative estimate of drug-likeness (QED) is 0.246. The first-order chi connectivity index (χ1) is 4.16. The van der Waals surface area contributed by atoms with Crippen molar-refractivity contribution < 1.29 is 49.0 Å². The third kappa shape index (κ3) is 8.23. The topological polar surface area (TPSA) is 66.4 Å². The van der Waals surface area contributed by atoms with Gasteiger partial charge in [-0.15, -0.1) is 11.6 Å². The third-order valence-corrected chi connectivity index (χ3v) is 0.678. The van der Waals surface area contributed by atoms with Gasteiger partial charge in [0.2, 0.25) is 0 Å². The summed E-state index contributed by atoms with van der Waals surface area (Å²) >= 11 is 4.95. The molecule has 0 unspecified atom stereocenters. The molecule has 0 amide bonds. The summed E-state index contributed by atoms with van der Waals surface area (Å²) in [5.41, 5.74) is 0. The maximum Gasteiger partial charge on any atom is 1.00 e. The third-order valence-electron chi connectivity index (χ3n) is 0.460. The summed E-state index contributed by atoms with van der Waals surface area (Å²) in [6, 6.07) is 0. The van der Waals surface area contributed by atoms with Crippen LogP contribution in [0.3, 0.4) is 0 Å². The van der Waals surface area contributed by atoms with Crippen LogP contribution in [0.25, 0.3) is 0 Å². The van der Waals surface area contributed by atoms with Crippen molar-refractivity contribution in [3.63, 3.8) is 0 Å². The van der Waals surface area contributed by atoms with E-state index in [4.69, 9.17) is 11.6 Å². The van der Waals surface area contributed by atoms with Crippen molar-refractivity contribution in [2.45, 2.75) is 0 Å². The zero-order chi connectivity index (χ0) is 7.28. The van der Waals surface area contributed by atoms with Crippen LogP contribution in [-0.4, -0.2) is 24.4 Å². The molecule has 0 aliphatic heterocycles. The molecule has 0 saturated heterocycles. The summed E-state index contributed by atoms with van der Waals surface area (Å²) in [6.07, 6.45) is 0. The van der Waals surface area contributed by atoms with Crippen molar-refractivity contribution >= 4 is 23.5 Å². The molecule has 0 aromatic carbocycles. The number of ether oxygens (including phenoxy) is 1. The predicted octanol–water partition coefficient (Wildman–Crippen LogP) is -4.48. The van der Waals surface area contributed by atoms with Gasteiger partial charge in [0.1, 0.15) is 12.5 Å². The van der Waals surface area contributed by atoms with E-state index in [1.807, 2.05) is 0 Å². The zero-order valence-corrected chi connectivity index (χ0v) is 8.18. The fourth-order valence-corrected chi connectivity index (χ4v) is 0.255. The number of halogens is 1. The van der Waals surface area contributed by atoms with Gasteiger partial charge in [-0.2, -0.15) is 0 Å². The first-order valence-electron chi connectivity index (χ1n) is 2.08. The number of carboxylic acid groups (broad SMARTS) is 1. The van der Waals surface area contributed by atoms with E-state index in [0.29, 0.717) is 0 Å². The number of carbonyl (C=O) groups is 2. The van der Waals surface area contributed by atoms with E-state index >= 15 is 0 Å². The Morgan fingerprint density at radius 1 is 1.50 bits per heavy atom. The standard InChI is InChI=1S/C4H5ClO4.Na/c5-1-4(8)9-2-3(6)7;/h1-2H2,(H,6,7);/q;+1/p-1. The van der Waals surface area contributed by atoms with Crippen LogP contribution in [0.1, 0.15) is 0 Å². The monoisotopic (exact) mass is 174 g/mol. The summed E-state index contributed by atoms with van der Waals surface area (Å²) < 4.78 is 4.02. The van der Waals surface area contributed by atoms with E-state index in [9.17, 15) is 14.7 Å². The van der Waals surface area contributed by atoms with Crippen molar-refractivity contribution in [3.8, 4) is 0 Å². The second-order valence-corrected chi connectivity index (χ2v) is 1.43. The molecule has 0 N–H and O–H groups in total. The Bertz CT molecular complexity index is 126. The molecular formula is C4H4ClNaO4. The second kappa shape index (κ2) is 7.34. The Kier molecular flexibility index (Phi) is 9.44. The Balaban J connectivity index is 0. The average Bonchev–Trinajstić information content (AvgIpc) is 1.83. The minimum Gasteiger partial charge on any atom is -0.546 e. The molecule has 0 spiro atoms.